The summed E-state index contributed by atoms with van der Waals surface area (Å²) in [5, 5.41) is 3.46. The second-order valence-electron chi connectivity index (χ2n) is 6.00. The Morgan fingerprint density at radius 3 is 2.69 bits per heavy atom. The standard InChI is InChI=1S/C18H17F3N2O2S/c1-10-7-12(11(2)25-10)9-22-16(24)5-6-17-23-14-8-13(18(19,20)21)3-4-15(14)26-17/h3-4,7-8H,5-6,9H2,1-2H3,(H,22,24). The molecular formula is C18H17F3N2O2S. The molecule has 26 heavy (non-hydrogen) atoms. The Kier molecular flexibility index (Phi) is 5.04. The van der Waals surface area contributed by atoms with E-state index in [9.17, 15) is 18.0 Å². The first-order valence-corrected chi connectivity index (χ1v) is 8.83. The van der Waals surface area contributed by atoms with Crippen molar-refractivity contribution >= 4 is 27.5 Å². The number of alkyl halides is 3. The molecule has 0 saturated carbocycles. The van der Waals surface area contributed by atoms with Crippen molar-refractivity contribution in [2.24, 2.45) is 0 Å². The summed E-state index contributed by atoms with van der Waals surface area (Å²) in [7, 11) is 0. The van der Waals surface area contributed by atoms with Gasteiger partial charge in [-0.3, -0.25) is 4.79 Å². The summed E-state index contributed by atoms with van der Waals surface area (Å²) in [4.78, 5) is 16.2. The van der Waals surface area contributed by atoms with Crippen molar-refractivity contribution in [2.75, 3.05) is 0 Å². The van der Waals surface area contributed by atoms with E-state index in [2.05, 4.69) is 10.3 Å². The molecule has 0 saturated heterocycles. The fourth-order valence-electron chi connectivity index (χ4n) is 2.62. The summed E-state index contributed by atoms with van der Waals surface area (Å²) in [6.45, 7) is 4.07. The number of amides is 1. The smallest absolute Gasteiger partial charge is 0.416 e. The highest BCUT2D eigenvalue weighted by molar-refractivity contribution is 7.18. The summed E-state index contributed by atoms with van der Waals surface area (Å²) < 4.78 is 44.3. The average molecular weight is 382 g/mol. The number of hydrogen-bond acceptors (Lipinski definition) is 4. The minimum Gasteiger partial charge on any atom is -0.466 e. The number of nitrogens with one attached hydrogen (secondary N) is 1. The van der Waals surface area contributed by atoms with Crippen molar-refractivity contribution in [3.8, 4) is 0 Å². The lowest BCUT2D eigenvalue weighted by Crippen LogP contribution is -2.23. The third-order valence-corrected chi connectivity index (χ3v) is 5.04. The van der Waals surface area contributed by atoms with Crippen LogP contribution in [0.25, 0.3) is 10.2 Å². The number of hydrogen-bond donors (Lipinski definition) is 1. The highest BCUT2D eigenvalue weighted by Gasteiger charge is 2.30. The Balaban J connectivity index is 1.58. The van der Waals surface area contributed by atoms with Gasteiger partial charge in [-0.1, -0.05) is 0 Å². The molecule has 0 aliphatic carbocycles. The Labute approximate surface area is 152 Å². The van der Waals surface area contributed by atoms with Gasteiger partial charge in [0.25, 0.3) is 0 Å². The van der Waals surface area contributed by atoms with Gasteiger partial charge in [-0.25, -0.2) is 4.98 Å². The molecule has 0 radical (unpaired) electrons. The molecule has 0 fully saturated rings. The van der Waals surface area contributed by atoms with Gasteiger partial charge in [-0.2, -0.15) is 13.2 Å². The molecule has 0 spiro atoms. The van der Waals surface area contributed by atoms with Crippen LogP contribution in [0, 0.1) is 13.8 Å². The van der Waals surface area contributed by atoms with Gasteiger partial charge in [0.2, 0.25) is 5.91 Å². The second-order valence-corrected chi connectivity index (χ2v) is 7.12. The zero-order valence-electron chi connectivity index (χ0n) is 14.2. The fourth-order valence-corrected chi connectivity index (χ4v) is 3.57. The number of aryl methyl sites for hydroxylation is 3. The van der Waals surface area contributed by atoms with Crippen LogP contribution in [0.1, 0.15) is 34.1 Å². The molecule has 0 bridgehead atoms. The number of carbonyl (C=O) groups excluding carboxylic acids is 1. The van der Waals surface area contributed by atoms with Crippen LogP contribution in [0.3, 0.4) is 0 Å². The molecule has 1 aromatic carbocycles. The largest absolute Gasteiger partial charge is 0.466 e. The molecule has 3 rings (SSSR count). The van der Waals surface area contributed by atoms with Gasteiger partial charge in [0.15, 0.2) is 0 Å². The summed E-state index contributed by atoms with van der Waals surface area (Å²) in [6.07, 6.45) is -3.78. The Hall–Kier alpha value is -2.35. The molecule has 3 aromatic rings. The maximum atomic E-state index is 12.7. The number of nitrogens with zero attached hydrogens (tertiary/aromatic N) is 1. The molecule has 138 valence electrons. The van der Waals surface area contributed by atoms with Crippen LogP contribution in [0.2, 0.25) is 0 Å². The highest BCUT2D eigenvalue weighted by Crippen LogP contribution is 2.33. The minimum atomic E-state index is -4.39. The van der Waals surface area contributed by atoms with Gasteiger partial charge in [0, 0.05) is 24.9 Å². The quantitative estimate of drug-likeness (QED) is 0.691. The number of halogens is 3. The first-order chi connectivity index (χ1) is 12.2. The fraction of sp³-hybridized carbons (Fsp3) is 0.333. The van der Waals surface area contributed by atoms with E-state index in [4.69, 9.17) is 4.42 Å². The molecule has 0 aliphatic rings. The van der Waals surface area contributed by atoms with E-state index >= 15 is 0 Å². The van der Waals surface area contributed by atoms with E-state index in [-0.39, 0.29) is 12.3 Å². The molecule has 1 amide bonds. The maximum absolute atomic E-state index is 12.7. The molecule has 2 aromatic heterocycles. The van der Waals surface area contributed by atoms with Crippen LogP contribution in [0.5, 0.6) is 0 Å². The van der Waals surface area contributed by atoms with Crippen LogP contribution in [0.4, 0.5) is 13.2 Å². The van der Waals surface area contributed by atoms with Gasteiger partial charge < -0.3 is 9.73 Å². The van der Waals surface area contributed by atoms with E-state index in [1.807, 2.05) is 19.9 Å². The third-order valence-electron chi connectivity index (χ3n) is 3.94. The van der Waals surface area contributed by atoms with Gasteiger partial charge >= 0.3 is 6.18 Å². The van der Waals surface area contributed by atoms with Crippen LogP contribution in [-0.4, -0.2) is 10.9 Å². The van der Waals surface area contributed by atoms with E-state index in [0.29, 0.717) is 28.2 Å². The van der Waals surface area contributed by atoms with Gasteiger partial charge in [-0.15, -0.1) is 11.3 Å². The number of furan rings is 1. The number of carbonyl (C=O) groups is 1. The first kappa shape index (κ1) is 18.4. The molecule has 0 aliphatic heterocycles. The summed E-state index contributed by atoms with van der Waals surface area (Å²) in [6, 6.07) is 5.39. The molecule has 0 unspecified atom stereocenters. The van der Waals surface area contributed by atoms with Crippen molar-refractivity contribution in [2.45, 2.75) is 39.4 Å². The van der Waals surface area contributed by atoms with Gasteiger partial charge in [0.05, 0.1) is 20.8 Å². The maximum Gasteiger partial charge on any atom is 0.416 e. The predicted molar refractivity (Wildman–Crippen MR) is 93.0 cm³/mol. The zero-order chi connectivity index (χ0) is 18.9. The molecule has 1 N–H and O–H groups in total. The first-order valence-electron chi connectivity index (χ1n) is 8.01. The zero-order valence-corrected chi connectivity index (χ0v) is 15.1. The molecular weight excluding hydrogens is 365 g/mol. The Morgan fingerprint density at radius 2 is 2.04 bits per heavy atom. The Morgan fingerprint density at radius 1 is 1.27 bits per heavy atom. The third kappa shape index (κ3) is 4.24. The Bertz CT molecular complexity index is 944. The number of fused-ring (bicyclic) bond motifs is 1. The number of aromatic nitrogens is 1. The molecule has 0 atom stereocenters. The normalized spacial score (nSPS) is 11.9. The second kappa shape index (κ2) is 7.11. The average Bonchev–Trinajstić information content (AvgIpc) is 3.11. The predicted octanol–water partition coefficient (Wildman–Crippen LogP) is 4.77. The van der Waals surface area contributed by atoms with Gasteiger partial charge in [-0.05, 0) is 38.1 Å². The molecule has 4 nitrogen and oxygen atoms in total. The van der Waals surface area contributed by atoms with E-state index in [1.165, 1.54) is 17.4 Å². The van der Waals surface area contributed by atoms with Crippen molar-refractivity contribution in [3.05, 3.63) is 51.9 Å². The van der Waals surface area contributed by atoms with Crippen molar-refractivity contribution < 1.29 is 22.4 Å². The van der Waals surface area contributed by atoms with Crippen LogP contribution >= 0.6 is 11.3 Å². The van der Waals surface area contributed by atoms with E-state index < -0.39 is 11.7 Å². The van der Waals surface area contributed by atoms with E-state index in [1.54, 1.807) is 0 Å². The molecule has 8 heteroatoms. The summed E-state index contributed by atoms with van der Waals surface area (Å²) >= 11 is 1.31. The lowest BCUT2D eigenvalue weighted by Gasteiger charge is -2.04. The highest BCUT2D eigenvalue weighted by atomic mass is 32.1. The monoisotopic (exact) mass is 382 g/mol. The van der Waals surface area contributed by atoms with Gasteiger partial charge in [0.1, 0.15) is 11.5 Å². The van der Waals surface area contributed by atoms with Crippen LogP contribution in [0.15, 0.2) is 28.7 Å². The number of thiazole rings is 1. The number of rotatable bonds is 5. The van der Waals surface area contributed by atoms with Crippen molar-refractivity contribution in [1.29, 1.82) is 0 Å². The van der Waals surface area contributed by atoms with Crippen molar-refractivity contribution in [1.82, 2.24) is 10.3 Å². The van der Waals surface area contributed by atoms with E-state index in [0.717, 1.165) is 29.2 Å². The summed E-state index contributed by atoms with van der Waals surface area (Å²) in [5.74, 6) is 1.42. The van der Waals surface area contributed by atoms with Crippen LogP contribution in [-0.2, 0) is 23.9 Å². The van der Waals surface area contributed by atoms with Crippen LogP contribution < -0.4 is 5.32 Å². The minimum absolute atomic E-state index is 0.140. The SMILES string of the molecule is Cc1cc(CNC(=O)CCc2nc3cc(C(F)(F)F)ccc3s2)c(C)o1. The number of benzene rings is 1. The lowest BCUT2D eigenvalue weighted by atomic mass is 10.2. The topological polar surface area (TPSA) is 55.1 Å². The molecule has 2 heterocycles. The lowest BCUT2D eigenvalue weighted by molar-refractivity contribution is -0.137. The van der Waals surface area contributed by atoms with Crippen molar-refractivity contribution in [3.63, 3.8) is 0 Å². The summed E-state index contributed by atoms with van der Waals surface area (Å²) in [5.41, 5.74) is 0.519.